The van der Waals surface area contributed by atoms with Gasteiger partial charge in [0.25, 0.3) is 5.91 Å². The van der Waals surface area contributed by atoms with Crippen LogP contribution in [0, 0.1) is 5.82 Å². The highest BCUT2D eigenvalue weighted by atomic mass is 32.1. The summed E-state index contributed by atoms with van der Waals surface area (Å²) in [6.07, 6.45) is 1.30. The normalized spacial score (nSPS) is 18.3. The second-order valence-electron chi connectivity index (χ2n) is 5.04. The third kappa shape index (κ3) is 2.23. The lowest BCUT2D eigenvalue weighted by molar-refractivity contribution is -0.121. The van der Waals surface area contributed by atoms with Gasteiger partial charge in [-0.3, -0.25) is 9.59 Å². The van der Waals surface area contributed by atoms with Gasteiger partial charge >= 0.3 is 0 Å². The molecule has 0 spiro atoms. The molecule has 1 aliphatic rings. The van der Waals surface area contributed by atoms with Gasteiger partial charge in [0.2, 0.25) is 5.91 Å². The third-order valence-electron chi connectivity index (χ3n) is 3.72. The fourth-order valence-electron chi connectivity index (χ4n) is 2.68. The first-order valence-corrected chi connectivity index (χ1v) is 7.38. The van der Waals surface area contributed by atoms with E-state index >= 15 is 0 Å². The molecule has 1 aliphatic heterocycles. The molecule has 7 heteroatoms. The van der Waals surface area contributed by atoms with Crippen molar-refractivity contribution in [2.45, 2.75) is 18.9 Å². The van der Waals surface area contributed by atoms with Crippen molar-refractivity contribution < 1.29 is 14.0 Å². The minimum atomic E-state index is -0.584. The Hall–Kier alpha value is -2.15. The van der Waals surface area contributed by atoms with Crippen molar-refractivity contribution in [2.24, 2.45) is 5.73 Å². The molecular weight excluding hydrogens is 293 g/mol. The van der Waals surface area contributed by atoms with Crippen LogP contribution >= 0.6 is 11.3 Å². The maximum absolute atomic E-state index is 13.3. The van der Waals surface area contributed by atoms with Gasteiger partial charge in [-0.05, 0) is 31.0 Å². The van der Waals surface area contributed by atoms with E-state index in [9.17, 15) is 14.0 Å². The molecule has 2 heterocycles. The minimum absolute atomic E-state index is 0.259. The van der Waals surface area contributed by atoms with Crippen LogP contribution in [0.25, 0.3) is 10.1 Å². The summed E-state index contributed by atoms with van der Waals surface area (Å²) in [6.45, 7) is 0.481. The largest absolute Gasteiger partial charge is 0.397 e. The summed E-state index contributed by atoms with van der Waals surface area (Å²) in [5.41, 5.74) is 11.6. The summed E-state index contributed by atoms with van der Waals surface area (Å²) in [5, 5.41) is 0.526. The number of primary amides is 1. The van der Waals surface area contributed by atoms with E-state index in [1.807, 2.05) is 0 Å². The Morgan fingerprint density at radius 2 is 2.14 bits per heavy atom. The Morgan fingerprint density at radius 3 is 2.86 bits per heavy atom. The summed E-state index contributed by atoms with van der Waals surface area (Å²) in [6, 6.07) is 3.65. The maximum Gasteiger partial charge on any atom is 0.266 e. The van der Waals surface area contributed by atoms with Gasteiger partial charge in [-0.15, -0.1) is 11.3 Å². The van der Waals surface area contributed by atoms with Gasteiger partial charge in [0.05, 0.1) is 5.69 Å². The number of fused-ring (bicyclic) bond motifs is 1. The van der Waals surface area contributed by atoms with Gasteiger partial charge < -0.3 is 16.4 Å². The zero-order valence-electron chi connectivity index (χ0n) is 11.1. The Morgan fingerprint density at radius 1 is 1.38 bits per heavy atom. The quantitative estimate of drug-likeness (QED) is 0.885. The van der Waals surface area contributed by atoms with E-state index in [2.05, 4.69) is 0 Å². The average molecular weight is 307 g/mol. The van der Waals surface area contributed by atoms with Gasteiger partial charge in [0.15, 0.2) is 0 Å². The lowest BCUT2D eigenvalue weighted by Gasteiger charge is -2.21. The van der Waals surface area contributed by atoms with Crippen LogP contribution in [0.15, 0.2) is 18.2 Å². The molecule has 1 unspecified atom stereocenters. The lowest BCUT2D eigenvalue weighted by Crippen LogP contribution is -2.43. The van der Waals surface area contributed by atoms with Crippen LogP contribution in [0.3, 0.4) is 0 Å². The topological polar surface area (TPSA) is 89.4 Å². The van der Waals surface area contributed by atoms with Crippen molar-refractivity contribution >= 4 is 38.9 Å². The monoisotopic (exact) mass is 307 g/mol. The predicted octanol–water partition coefficient (Wildman–Crippen LogP) is 1.71. The van der Waals surface area contributed by atoms with Crippen LogP contribution in [0.2, 0.25) is 0 Å². The zero-order valence-corrected chi connectivity index (χ0v) is 12.0. The van der Waals surface area contributed by atoms with Crippen LogP contribution in [0.4, 0.5) is 10.1 Å². The highest BCUT2D eigenvalue weighted by molar-refractivity contribution is 7.21. The van der Waals surface area contributed by atoms with E-state index < -0.39 is 17.8 Å². The molecule has 0 saturated carbocycles. The number of carbonyl (C=O) groups excluding carboxylic acids is 2. The molecule has 1 fully saturated rings. The van der Waals surface area contributed by atoms with Crippen molar-refractivity contribution in [3.63, 3.8) is 0 Å². The molecular formula is C14H14FN3O2S. The van der Waals surface area contributed by atoms with Gasteiger partial charge in [0, 0.05) is 16.6 Å². The number of nitrogens with zero attached hydrogens (tertiary/aromatic N) is 1. The Bertz CT molecular complexity index is 743. The van der Waals surface area contributed by atoms with E-state index in [0.29, 0.717) is 23.2 Å². The number of rotatable bonds is 2. The summed E-state index contributed by atoms with van der Waals surface area (Å²) in [7, 11) is 0. The number of nitrogens with two attached hydrogens (primary N) is 2. The van der Waals surface area contributed by atoms with E-state index in [-0.39, 0.29) is 11.6 Å². The number of halogens is 1. The summed E-state index contributed by atoms with van der Waals surface area (Å²) >= 11 is 1.21. The molecule has 1 atom stereocenters. The molecule has 2 amide bonds. The molecule has 21 heavy (non-hydrogen) atoms. The van der Waals surface area contributed by atoms with E-state index in [0.717, 1.165) is 11.1 Å². The minimum Gasteiger partial charge on any atom is -0.397 e. The molecule has 1 saturated heterocycles. The number of amides is 2. The van der Waals surface area contributed by atoms with Crippen molar-refractivity contribution in [1.82, 2.24) is 4.90 Å². The molecule has 110 valence electrons. The number of nitrogen functional groups attached to an aromatic ring is 1. The number of benzene rings is 1. The van der Waals surface area contributed by atoms with E-state index in [1.165, 1.54) is 28.4 Å². The SMILES string of the molecule is NC(=O)C1CCCN1C(=O)c1sc2ccc(F)cc2c1N. The third-order valence-corrected chi connectivity index (χ3v) is 4.90. The van der Waals surface area contributed by atoms with Crippen molar-refractivity contribution in [3.05, 3.63) is 28.9 Å². The molecule has 3 rings (SSSR count). The fraction of sp³-hybridized carbons (Fsp3) is 0.286. The molecule has 1 aromatic heterocycles. The molecule has 1 aromatic carbocycles. The van der Waals surface area contributed by atoms with Crippen LogP contribution in [0.1, 0.15) is 22.5 Å². The van der Waals surface area contributed by atoms with Crippen LogP contribution in [-0.4, -0.2) is 29.3 Å². The Kier molecular flexibility index (Phi) is 3.29. The molecule has 0 radical (unpaired) electrons. The number of carbonyl (C=O) groups is 2. The van der Waals surface area contributed by atoms with Crippen LogP contribution < -0.4 is 11.5 Å². The van der Waals surface area contributed by atoms with Gasteiger partial charge in [-0.1, -0.05) is 0 Å². The molecule has 5 nitrogen and oxygen atoms in total. The average Bonchev–Trinajstić information content (AvgIpc) is 3.04. The van der Waals surface area contributed by atoms with Gasteiger partial charge in [-0.2, -0.15) is 0 Å². The lowest BCUT2D eigenvalue weighted by atomic mass is 10.2. The highest BCUT2D eigenvalue weighted by Crippen LogP contribution is 2.36. The summed E-state index contributed by atoms with van der Waals surface area (Å²) in [5.74, 6) is -1.22. The van der Waals surface area contributed by atoms with Gasteiger partial charge in [-0.25, -0.2) is 4.39 Å². The molecule has 0 aliphatic carbocycles. The first kappa shape index (κ1) is 13.8. The number of hydrogen-bond donors (Lipinski definition) is 2. The summed E-state index contributed by atoms with van der Waals surface area (Å²) in [4.78, 5) is 25.8. The second-order valence-corrected chi connectivity index (χ2v) is 6.10. The number of likely N-dealkylation sites (tertiary alicyclic amines) is 1. The van der Waals surface area contributed by atoms with Gasteiger partial charge in [0.1, 0.15) is 16.7 Å². The first-order chi connectivity index (χ1) is 9.99. The van der Waals surface area contributed by atoms with Crippen LogP contribution in [0.5, 0.6) is 0 Å². The molecule has 4 N–H and O–H groups in total. The molecule has 0 bridgehead atoms. The van der Waals surface area contributed by atoms with Crippen molar-refractivity contribution in [1.29, 1.82) is 0 Å². The van der Waals surface area contributed by atoms with Crippen LogP contribution in [-0.2, 0) is 4.79 Å². The predicted molar refractivity (Wildman–Crippen MR) is 79.4 cm³/mol. The Labute approximate surface area is 124 Å². The smallest absolute Gasteiger partial charge is 0.266 e. The van der Waals surface area contributed by atoms with E-state index in [4.69, 9.17) is 11.5 Å². The highest BCUT2D eigenvalue weighted by Gasteiger charge is 2.34. The zero-order chi connectivity index (χ0) is 15.1. The first-order valence-electron chi connectivity index (χ1n) is 6.57. The second kappa shape index (κ2) is 5.00. The fourth-order valence-corrected chi connectivity index (χ4v) is 3.74. The van der Waals surface area contributed by atoms with Crippen molar-refractivity contribution in [3.8, 4) is 0 Å². The summed E-state index contributed by atoms with van der Waals surface area (Å²) < 4.78 is 14.0. The number of anilines is 1. The maximum atomic E-state index is 13.3. The number of hydrogen-bond acceptors (Lipinski definition) is 4. The number of thiophene rings is 1. The Balaban J connectivity index is 2.02. The van der Waals surface area contributed by atoms with E-state index in [1.54, 1.807) is 6.07 Å². The molecule has 2 aromatic rings. The standard InChI is InChI=1S/C14H14FN3O2S/c15-7-3-4-10-8(6-7)11(16)12(21-10)14(20)18-5-1-2-9(18)13(17)19/h3-4,6,9H,1-2,5,16H2,(H2,17,19). The van der Waals surface area contributed by atoms with Crippen molar-refractivity contribution in [2.75, 3.05) is 12.3 Å².